The molecule has 1 fully saturated rings. The van der Waals surface area contributed by atoms with E-state index in [1.165, 1.54) is 17.7 Å². The average Bonchev–Trinajstić information content (AvgIpc) is 2.80. The van der Waals surface area contributed by atoms with Gasteiger partial charge in [0.2, 0.25) is 0 Å². The topological polar surface area (TPSA) is 50.1 Å². The number of hydrogen-bond donors (Lipinski definition) is 2. The van der Waals surface area contributed by atoms with Crippen molar-refractivity contribution in [1.29, 1.82) is 0 Å². The Hall–Kier alpha value is -0.870. The third-order valence-electron chi connectivity index (χ3n) is 5.07. The molecule has 2 aliphatic rings. The third-order valence-corrected chi connectivity index (χ3v) is 5.07. The van der Waals surface area contributed by atoms with E-state index in [4.69, 9.17) is 0 Å². The summed E-state index contributed by atoms with van der Waals surface area (Å²) in [7, 11) is 2.03. The Morgan fingerprint density at radius 2 is 2.10 bits per heavy atom. The van der Waals surface area contributed by atoms with E-state index in [9.17, 15) is 5.11 Å². The van der Waals surface area contributed by atoms with Gasteiger partial charge in [-0.3, -0.25) is 4.68 Å². The second-order valence-corrected chi connectivity index (χ2v) is 7.30. The summed E-state index contributed by atoms with van der Waals surface area (Å²) in [6.45, 7) is 4.66. The van der Waals surface area contributed by atoms with E-state index in [1.807, 2.05) is 13.2 Å². The minimum atomic E-state index is -0.231. The number of aliphatic hydroxyl groups is 1. The number of hydrogen-bond acceptors (Lipinski definition) is 3. The smallest absolute Gasteiger partial charge is 0.0781 e. The van der Waals surface area contributed by atoms with Crippen molar-refractivity contribution >= 4 is 0 Å². The van der Waals surface area contributed by atoms with Crippen molar-refractivity contribution in [1.82, 2.24) is 15.1 Å². The first-order valence-electron chi connectivity index (χ1n) is 7.93. The Kier molecular flexibility index (Phi) is 3.63. The van der Waals surface area contributed by atoms with Gasteiger partial charge in [0, 0.05) is 17.3 Å². The van der Waals surface area contributed by atoms with Gasteiger partial charge in [-0.05, 0) is 38.1 Å². The lowest BCUT2D eigenvalue weighted by Gasteiger charge is -2.37. The summed E-state index contributed by atoms with van der Waals surface area (Å²) in [5.74, 6) is 0. The molecule has 1 aromatic heterocycles. The van der Waals surface area contributed by atoms with Crippen LogP contribution in [-0.2, 0) is 6.42 Å². The summed E-state index contributed by atoms with van der Waals surface area (Å²) in [6, 6.07) is 0.571. The molecule has 3 unspecified atom stereocenters. The zero-order chi connectivity index (χ0) is 14.3. The van der Waals surface area contributed by atoms with Crippen LogP contribution in [0.15, 0.2) is 6.20 Å². The average molecular weight is 277 g/mol. The highest BCUT2D eigenvalue weighted by Crippen LogP contribution is 2.42. The summed E-state index contributed by atoms with van der Waals surface area (Å²) < 4.78 is 2.14. The van der Waals surface area contributed by atoms with E-state index in [1.54, 1.807) is 0 Å². The van der Waals surface area contributed by atoms with Crippen molar-refractivity contribution in [2.75, 3.05) is 7.05 Å². The molecule has 4 nitrogen and oxygen atoms in total. The molecule has 3 rings (SSSR count). The predicted molar refractivity (Wildman–Crippen MR) is 79.6 cm³/mol. The molecular weight excluding hydrogens is 250 g/mol. The van der Waals surface area contributed by atoms with E-state index in [0.717, 1.165) is 32.1 Å². The third kappa shape index (κ3) is 2.40. The monoisotopic (exact) mass is 277 g/mol. The van der Waals surface area contributed by atoms with E-state index >= 15 is 0 Å². The van der Waals surface area contributed by atoms with Gasteiger partial charge in [-0.2, -0.15) is 5.10 Å². The number of rotatable bonds is 2. The number of nitrogens with one attached hydrogen (secondary N) is 1. The second-order valence-electron chi connectivity index (χ2n) is 7.30. The van der Waals surface area contributed by atoms with Crippen molar-refractivity contribution < 1.29 is 5.11 Å². The van der Waals surface area contributed by atoms with Crippen LogP contribution in [0.4, 0.5) is 0 Å². The number of aliphatic hydroxyl groups excluding tert-OH is 1. The summed E-state index contributed by atoms with van der Waals surface area (Å²) in [5.41, 5.74) is 2.97. The first-order chi connectivity index (χ1) is 9.52. The largest absolute Gasteiger partial charge is 0.391 e. The van der Waals surface area contributed by atoms with Crippen LogP contribution in [0.25, 0.3) is 0 Å². The van der Waals surface area contributed by atoms with E-state index in [2.05, 4.69) is 28.9 Å². The van der Waals surface area contributed by atoms with Crippen molar-refractivity contribution in [3.05, 3.63) is 17.5 Å². The Morgan fingerprint density at radius 1 is 1.35 bits per heavy atom. The predicted octanol–water partition coefficient (Wildman–Crippen LogP) is 2.59. The zero-order valence-corrected chi connectivity index (χ0v) is 12.9. The molecule has 4 heteroatoms. The second kappa shape index (κ2) is 5.15. The summed E-state index contributed by atoms with van der Waals surface area (Å²) in [5, 5.41) is 18.4. The molecule has 1 saturated carbocycles. The molecule has 0 aromatic carbocycles. The number of nitrogens with zero attached hydrogens (tertiary/aromatic N) is 2. The van der Waals surface area contributed by atoms with Crippen molar-refractivity contribution in [2.24, 2.45) is 5.41 Å². The van der Waals surface area contributed by atoms with Crippen LogP contribution in [0.2, 0.25) is 0 Å². The molecule has 1 heterocycles. The molecule has 0 spiro atoms. The summed E-state index contributed by atoms with van der Waals surface area (Å²) in [6.07, 6.45) is 8.32. The molecular formula is C16H27N3O. The quantitative estimate of drug-likeness (QED) is 0.873. The molecule has 0 radical (unpaired) electrons. The molecule has 3 atom stereocenters. The van der Waals surface area contributed by atoms with Gasteiger partial charge in [0.25, 0.3) is 0 Å². The molecule has 0 aliphatic heterocycles. The van der Waals surface area contributed by atoms with E-state index < -0.39 is 0 Å². The lowest BCUT2D eigenvalue weighted by Crippen LogP contribution is -2.35. The maximum atomic E-state index is 10.3. The Morgan fingerprint density at radius 3 is 2.80 bits per heavy atom. The van der Waals surface area contributed by atoms with Gasteiger partial charge in [0.05, 0.1) is 18.3 Å². The fraction of sp³-hybridized carbons (Fsp3) is 0.812. The van der Waals surface area contributed by atoms with Crippen LogP contribution in [0.3, 0.4) is 0 Å². The van der Waals surface area contributed by atoms with E-state index in [0.29, 0.717) is 6.04 Å². The van der Waals surface area contributed by atoms with Crippen LogP contribution >= 0.6 is 0 Å². The molecule has 2 N–H and O–H groups in total. The van der Waals surface area contributed by atoms with Gasteiger partial charge in [0.15, 0.2) is 0 Å². The van der Waals surface area contributed by atoms with Crippen LogP contribution in [-0.4, -0.2) is 28.0 Å². The highest BCUT2D eigenvalue weighted by Gasteiger charge is 2.36. The highest BCUT2D eigenvalue weighted by atomic mass is 16.3. The van der Waals surface area contributed by atoms with Gasteiger partial charge >= 0.3 is 0 Å². The number of fused-ring (bicyclic) bond motifs is 1. The van der Waals surface area contributed by atoms with Gasteiger partial charge in [-0.25, -0.2) is 0 Å². The maximum absolute atomic E-state index is 10.3. The molecule has 20 heavy (non-hydrogen) atoms. The van der Waals surface area contributed by atoms with Crippen LogP contribution < -0.4 is 5.32 Å². The fourth-order valence-electron chi connectivity index (χ4n) is 3.98. The fourth-order valence-corrected chi connectivity index (χ4v) is 3.98. The van der Waals surface area contributed by atoms with Crippen molar-refractivity contribution in [2.45, 2.75) is 70.6 Å². The number of aromatic nitrogens is 2. The van der Waals surface area contributed by atoms with Gasteiger partial charge in [-0.15, -0.1) is 0 Å². The van der Waals surface area contributed by atoms with Gasteiger partial charge in [-0.1, -0.05) is 26.7 Å². The van der Waals surface area contributed by atoms with Crippen LogP contribution in [0, 0.1) is 5.41 Å². The normalized spacial score (nSPS) is 32.9. The molecule has 0 saturated heterocycles. The van der Waals surface area contributed by atoms with E-state index in [-0.39, 0.29) is 17.6 Å². The van der Waals surface area contributed by atoms with Gasteiger partial charge in [0.1, 0.15) is 0 Å². The Labute approximate surface area is 121 Å². The summed E-state index contributed by atoms with van der Waals surface area (Å²) in [4.78, 5) is 0. The molecule has 112 valence electrons. The zero-order valence-electron chi connectivity index (χ0n) is 12.9. The first-order valence-corrected chi connectivity index (χ1v) is 7.93. The SMILES string of the molecule is CNC1CC(C)(C)Cc2c1cnn2C1CCCCC1O. The Balaban J connectivity index is 1.97. The molecule has 2 aliphatic carbocycles. The van der Waals surface area contributed by atoms with Crippen LogP contribution in [0.5, 0.6) is 0 Å². The maximum Gasteiger partial charge on any atom is 0.0781 e. The molecule has 0 bridgehead atoms. The lowest BCUT2D eigenvalue weighted by molar-refractivity contribution is 0.0663. The van der Waals surface area contributed by atoms with Crippen molar-refractivity contribution in [3.8, 4) is 0 Å². The minimum Gasteiger partial charge on any atom is -0.391 e. The lowest BCUT2D eigenvalue weighted by atomic mass is 9.74. The minimum absolute atomic E-state index is 0.180. The molecule has 0 amide bonds. The Bertz CT molecular complexity index is 480. The molecule has 1 aromatic rings. The summed E-state index contributed by atoms with van der Waals surface area (Å²) >= 11 is 0. The standard InChI is InChI=1S/C16H27N3O/c1-16(2)8-12(17-3)11-10-18-19(14(11)9-16)13-6-4-5-7-15(13)20/h10,12-13,15,17,20H,4-9H2,1-3H3. The van der Waals surface area contributed by atoms with Gasteiger partial charge < -0.3 is 10.4 Å². The first kappa shape index (κ1) is 14.1. The van der Waals surface area contributed by atoms with Crippen molar-refractivity contribution in [3.63, 3.8) is 0 Å². The van der Waals surface area contributed by atoms with Crippen LogP contribution in [0.1, 0.15) is 69.3 Å². The highest BCUT2D eigenvalue weighted by molar-refractivity contribution is 5.27.